The molecule has 0 aliphatic carbocycles. The van der Waals surface area contributed by atoms with E-state index in [0.717, 1.165) is 18.5 Å². The van der Waals surface area contributed by atoms with Crippen LogP contribution in [-0.4, -0.2) is 30.4 Å². The molecule has 1 rings (SSSR count). The highest BCUT2D eigenvalue weighted by Crippen LogP contribution is 2.20. The Morgan fingerprint density at radius 3 is 2.92 bits per heavy atom. The second kappa shape index (κ2) is 4.42. The summed E-state index contributed by atoms with van der Waals surface area (Å²) in [5.41, 5.74) is 6.36. The second-order valence-corrected chi connectivity index (χ2v) is 3.71. The third-order valence-electron chi connectivity index (χ3n) is 2.58. The number of likely N-dealkylation sites (tertiary alicyclic amines) is 1. The van der Waals surface area contributed by atoms with E-state index in [0.29, 0.717) is 25.4 Å². The number of hydrogen-bond donors (Lipinski definition) is 1. The van der Waals surface area contributed by atoms with Gasteiger partial charge in [0.25, 0.3) is 0 Å². The molecule has 1 atom stereocenters. The molecule has 0 bridgehead atoms. The number of nitrogens with zero attached hydrogens (tertiary/aromatic N) is 1. The van der Waals surface area contributed by atoms with Crippen molar-refractivity contribution in [3.05, 3.63) is 12.2 Å². The van der Waals surface area contributed by atoms with Crippen LogP contribution in [0.3, 0.4) is 0 Å². The van der Waals surface area contributed by atoms with Crippen LogP contribution < -0.4 is 5.73 Å². The van der Waals surface area contributed by atoms with Crippen molar-refractivity contribution in [2.45, 2.75) is 19.8 Å². The first kappa shape index (κ1) is 10.3. The van der Waals surface area contributed by atoms with Crippen molar-refractivity contribution in [1.82, 2.24) is 4.90 Å². The van der Waals surface area contributed by atoms with E-state index >= 15 is 0 Å². The average molecular weight is 182 g/mol. The van der Waals surface area contributed by atoms with Crippen LogP contribution in [0.4, 0.5) is 0 Å². The highest BCUT2D eigenvalue weighted by molar-refractivity contribution is 5.78. The van der Waals surface area contributed by atoms with Gasteiger partial charge in [0, 0.05) is 26.1 Å². The summed E-state index contributed by atoms with van der Waals surface area (Å²) < 4.78 is 0. The second-order valence-electron chi connectivity index (χ2n) is 3.71. The zero-order valence-electron chi connectivity index (χ0n) is 8.25. The van der Waals surface area contributed by atoms with Crippen LogP contribution >= 0.6 is 0 Å². The van der Waals surface area contributed by atoms with Gasteiger partial charge in [0.15, 0.2) is 0 Å². The van der Waals surface area contributed by atoms with Gasteiger partial charge in [-0.25, -0.2) is 0 Å². The number of amides is 1. The summed E-state index contributed by atoms with van der Waals surface area (Å²) in [6, 6.07) is 0. The lowest BCUT2D eigenvalue weighted by atomic mass is 10.1. The fourth-order valence-corrected chi connectivity index (χ4v) is 1.61. The van der Waals surface area contributed by atoms with Crippen molar-refractivity contribution in [3.8, 4) is 0 Å². The van der Waals surface area contributed by atoms with E-state index in [1.165, 1.54) is 0 Å². The van der Waals surface area contributed by atoms with Crippen molar-refractivity contribution in [2.24, 2.45) is 11.7 Å². The minimum atomic E-state index is 0.251. The predicted octanol–water partition coefficient (Wildman–Crippen LogP) is 0.760. The molecule has 0 aromatic heterocycles. The molecule has 1 saturated heterocycles. The van der Waals surface area contributed by atoms with Crippen molar-refractivity contribution < 1.29 is 4.79 Å². The highest BCUT2D eigenvalue weighted by Gasteiger charge is 2.27. The molecule has 1 amide bonds. The van der Waals surface area contributed by atoms with Gasteiger partial charge in [-0.2, -0.15) is 0 Å². The fraction of sp³-hybridized carbons (Fsp3) is 0.700. The molecule has 1 heterocycles. The third kappa shape index (κ3) is 2.56. The normalized spacial score (nSPS) is 22.5. The molecule has 0 spiro atoms. The largest absolute Gasteiger partial charge is 0.338 e. The monoisotopic (exact) mass is 182 g/mol. The maximum absolute atomic E-state index is 11.4. The molecule has 1 fully saturated rings. The first-order chi connectivity index (χ1) is 6.17. The summed E-state index contributed by atoms with van der Waals surface area (Å²) in [5.74, 6) is 0.791. The van der Waals surface area contributed by atoms with Gasteiger partial charge in [-0.15, -0.1) is 0 Å². The summed E-state index contributed by atoms with van der Waals surface area (Å²) in [6.07, 6.45) is 1.78. The van der Waals surface area contributed by atoms with E-state index < -0.39 is 0 Å². The third-order valence-corrected chi connectivity index (χ3v) is 2.58. The smallest absolute Gasteiger partial charge is 0.223 e. The Bertz CT molecular complexity index is 213. The summed E-state index contributed by atoms with van der Waals surface area (Å²) in [6.45, 7) is 7.93. The van der Waals surface area contributed by atoms with Crippen molar-refractivity contribution in [3.63, 3.8) is 0 Å². The number of carbonyl (C=O) groups is 1. The van der Waals surface area contributed by atoms with Crippen molar-refractivity contribution >= 4 is 5.91 Å². The Balaban J connectivity index is 2.43. The zero-order chi connectivity index (χ0) is 9.84. The van der Waals surface area contributed by atoms with Crippen LogP contribution in [0.5, 0.6) is 0 Å². The first-order valence-corrected chi connectivity index (χ1v) is 4.81. The van der Waals surface area contributed by atoms with E-state index in [1.807, 2.05) is 4.90 Å². The van der Waals surface area contributed by atoms with Crippen LogP contribution in [-0.2, 0) is 4.79 Å². The standard InChI is InChI=1S/C10H18N2O/c1-3-9-4-10(13)12(7-9)6-8(2)5-11/h9H,2-7,11H2,1H3. The quantitative estimate of drug-likeness (QED) is 0.652. The topological polar surface area (TPSA) is 46.3 Å². The molecule has 3 heteroatoms. The summed E-state index contributed by atoms with van der Waals surface area (Å²) in [5, 5.41) is 0. The molecule has 1 aliphatic heterocycles. The Morgan fingerprint density at radius 1 is 1.77 bits per heavy atom. The van der Waals surface area contributed by atoms with Gasteiger partial charge in [0.1, 0.15) is 0 Å². The minimum absolute atomic E-state index is 0.251. The molecule has 0 aromatic rings. The minimum Gasteiger partial charge on any atom is -0.338 e. The number of hydrogen-bond acceptors (Lipinski definition) is 2. The molecule has 1 unspecified atom stereocenters. The van der Waals surface area contributed by atoms with Crippen LogP contribution in [0.25, 0.3) is 0 Å². The lowest BCUT2D eigenvalue weighted by molar-refractivity contribution is -0.127. The van der Waals surface area contributed by atoms with E-state index in [2.05, 4.69) is 13.5 Å². The van der Waals surface area contributed by atoms with Gasteiger partial charge in [0.05, 0.1) is 0 Å². The van der Waals surface area contributed by atoms with Gasteiger partial charge >= 0.3 is 0 Å². The summed E-state index contributed by atoms with van der Waals surface area (Å²) in [4.78, 5) is 13.3. The molecule has 0 saturated carbocycles. The van der Waals surface area contributed by atoms with E-state index in [9.17, 15) is 4.79 Å². The Labute approximate surface area is 79.6 Å². The molecular formula is C10H18N2O. The number of rotatable bonds is 4. The van der Waals surface area contributed by atoms with Crippen LogP contribution in [0.15, 0.2) is 12.2 Å². The van der Waals surface area contributed by atoms with Gasteiger partial charge in [-0.05, 0) is 11.5 Å². The van der Waals surface area contributed by atoms with Gasteiger partial charge in [-0.3, -0.25) is 4.79 Å². The van der Waals surface area contributed by atoms with Crippen molar-refractivity contribution in [2.75, 3.05) is 19.6 Å². The molecular weight excluding hydrogens is 164 g/mol. The maximum atomic E-state index is 11.4. The zero-order valence-corrected chi connectivity index (χ0v) is 8.25. The lowest BCUT2D eigenvalue weighted by Crippen LogP contribution is -2.29. The Morgan fingerprint density at radius 2 is 2.46 bits per heavy atom. The Kier molecular flexibility index (Phi) is 3.48. The molecule has 0 radical (unpaired) electrons. The van der Waals surface area contributed by atoms with Crippen molar-refractivity contribution in [1.29, 1.82) is 0 Å². The summed E-state index contributed by atoms with van der Waals surface area (Å²) >= 11 is 0. The number of carbonyl (C=O) groups excluding carboxylic acids is 1. The van der Waals surface area contributed by atoms with E-state index in [1.54, 1.807) is 0 Å². The van der Waals surface area contributed by atoms with E-state index in [4.69, 9.17) is 5.73 Å². The van der Waals surface area contributed by atoms with E-state index in [-0.39, 0.29) is 5.91 Å². The SMILES string of the molecule is C=C(CN)CN1CC(CC)CC1=O. The van der Waals surface area contributed by atoms with Gasteiger partial charge in [-0.1, -0.05) is 19.9 Å². The first-order valence-electron chi connectivity index (χ1n) is 4.81. The van der Waals surface area contributed by atoms with Gasteiger partial charge < -0.3 is 10.6 Å². The summed E-state index contributed by atoms with van der Waals surface area (Å²) in [7, 11) is 0. The highest BCUT2D eigenvalue weighted by atomic mass is 16.2. The lowest BCUT2D eigenvalue weighted by Gasteiger charge is -2.16. The Hall–Kier alpha value is -0.830. The average Bonchev–Trinajstić information content (AvgIpc) is 2.47. The molecule has 1 aliphatic rings. The fourth-order valence-electron chi connectivity index (χ4n) is 1.61. The maximum Gasteiger partial charge on any atom is 0.223 e. The van der Waals surface area contributed by atoms with Gasteiger partial charge in [0.2, 0.25) is 5.91 Å². The number of nitrogens with two attached hydrogens (primary N) is 1. The molecule has 2 N–H and O–H groups in total. The van der Waals surface area contributed by atoms with Crippen LogP contribution in [0.1, 0.15) is 19.8 Å². The van der Waals surface area contributed by atoms with Crippen LogP contribution in [0, 0.1) is 5.92 Å². The predicted molar refractivity (Wildman–Crippen MR) is 53.2 cm³/mol. The molecule has 13 heavy (non-hydrogen) atoms. The molecule has 3 nitrogen and oxygen atoms in total. The molecule has 0 aromatic carbocycles. The molecule has 74 valence electrons. The van der Waals surface area contributed by atoms with Crippen LogP contribution in [0.2, 0.25) is 0 Å².